The van der Waals surface area contributed by atoms with E-state index in [1.165, 1.54) is 42.2 Å². The maximum Gasteiger partial charge on any atom is 0.344 e. The van der Waals surface area contributed by atoms with Crippen molar-refractivity contribution in [1.29, 1.82) is 0 Å². The first kappa shape index (κ1) is 19.9. The Morgan fingerprint density at radius 2 is 1.93 bits per heavy atom. The van der Waals surface area contributed by atoms with Crippen LogP contribution < -0.4 is 15.3 Å². The zero-order valence-corrected chi connectivity index (χ0v) is 15.7. The van der Waals surface area contributed by atoms with Gasteiger partial charge in [-0.05, 0) is 29.8 Å². The van der Waals surface area contributed by atoms with Gasteiger partial charge in [0.05, 0.1) is 12.6 Å². The third kappa shape index (κ3) is 4.06. The summed E-state index contributed by atoms with van der Waals surface area (Å²) in [6.45, 7) is 3.76. The highest BCUT2D eigenvalue weighted by atomic mass is 19.1. The largest absolute Gasteiger partial charge is 0.472 e. The van der Waals surface area contributed by atoms with Gasteiger partial charge in [-0.1, -0.05) is 30.9 Å². The van der Waals surface area contributed by atoms with E-state index in [1.54, 1.807) is 18.2 Å². The van der Waals surface area contributed by atoms with Crippen LogP contribution in [0, 0.1) is 5.82 Å². The number of rotatable bonds is 8. The second-order valence-corrected chi connectivity index (χ2v) is 6.06. The number of nitrogens with two attached hydrogens (primary N) is 1. The smallest absolute Gasteiger partial charge is 0.344 e. The number of benzene rings is 2. The van der Waals surface area contributed by atoms with E-state index >= 15 is 0 Å². The summed E-state index contributed by atoms with van der Waals surface area (Å²) in [5, 5.41) is 0.458. The normalized spacial score (nSPS) is 10.6. The number of esters is 1. The molecule has 0 unspecified atom stereocenters. The van der Waals surface area contributed by atoms with Crippen LogP contribution >= 0.6 is 0 Å². The Morgan fingerprint density at radius 3 is 2.55 bits per heavy atom. The standard InChI is InChI=1S/C21H19FN2O5/c1-3-10-28-20-18(21(26)27-2)16-9-6-14(19(23)25)11-17(16)24(20)29-12-13-4-7-15(22)8-5-13/h3-9,11H,1,10,12H2,2H3,(H2,23,25). The highest BCUT2D eigenvalue weighted by molar-refractivity contribution is 6.08. The van der Waals surface area contributed by atoms with E-state index < -0.39 is 11.9 Å². The van der Waals surface area contributed by atoms with Crippen molar-refractivity contribution in [2.45, 2.75) is 6.61 Å². The fraction of sp³-hybridized carbons (Fsp3) is 0.143. The Labute approximate surface area is 166 Å². The molecule has 150 valence electrons. The molecule has 0 atom stereocenters. The molecule has 3 rings (SSSR count). The highest BCUT2D eigenvalue weighted by Crippen LogP contribution is 2.33. The van der Waals surface area contributed by atoms with Crippen LogP contribution in [0.15, 0.2) is 55.1 Å². The molecule has 0 aliphatic carbocycles. The van der Waals surface area contributed by atoms with E-state index in [2.05, 4.69) is 6.58 Å². The molecular formula is C21H19FN2O5. The number of hydrogen-bond donors (Lipinski definition) is 1. The molecule has 0 radical (unpaired) electrons. The second-order valence-electron chi connectivity index (χ2n) is 6.06. The van der Waals surface area contributed by atoms with Gasteiger partial charge < -0.3 is 20.0 Å². The summed E-state index contributed by atoms with van der Waals surface area (Å²) < 4.78 is 25.0. The van der Waals surface area contributed by atoms with Crippen LogP contribution in [0.3, 0.4) is 0 Å². The number of fused-ring (bicyclic) bond motifs is 1. The molecule has 8 heteroatoms. The van der Waals surface area contributed by atoms with Crippen LogP contribution in [0.5, 0.6) is 5.88 Å². The molecule has 2 N–H and O–H groups in total. The molecule has 3 aromatic rings. The van der Waals surface area contributed by atoms with E-state index in [4.69, 9.17) is 20.0 Å². The van der Waals surface area contributed by atoms with Crippen LogP contribution in [0.25, 0.3) is 10.9 Å². The number of hydrogen-bond acceptors (Lipinski definition) is 5. The topological polar surface area (TPSA) is 92.8 Å². The van der Waals surface area contributed by atoms with Crippen molar-refractivity contribution in [2.24, 2.45) is 5.73 Å². The molecule has 29 heavy (non-hydrogen) atoms. The zero-order chi connectivity index (χ0) is 21.0. The second kappa shape index (κ2) is 8.47. The van der Waals surface area contributed by atoms with Crippen molar-refractivity contribution in [3.63, 3.8) is 0 Å². The van der Waals surface area contributed by atoms with Gasteiger partial charge in [0.25, 0.3) is 0 Å². The first-order valence-electron chi connectivity index (χ1n) is 8.64. The molecule has 7 nitrogen and oxygen atoms in total. The highest BCUT2D eigenvalue weighted by Gasteiger charge is 2.26. The number of carbonyl (C=O) groups is 2. The summed E-state index contributed by atoms with van der Waals surface area (Å²) in [6, 6.07) is 10.3. The fourth-order valence-electron chi connectivity index (χ4n) is 2.81. The monoisotopic (exact) mass is 398 g/mol. The maximum absolute atomic E-state index is 13.1. The summed E-state index contributed by atoms with van der Waals surface area (Å²) in [4.78, 5) is 29.9. The van der Waals surface area contributed by atoms with Crippen molar-refractivity contribution in [1.82, 2.24) is 4.73 Å². The van der Waals surface area contributed by atoms with Gasteiger partial charge in [0, 0.05) is 10.9 Å². The lowest BCUT2D eigenvalue weighted by molar-refractivity contribution is 0.0578. The number of methoxy groups -OCH3 is 1. The molecular weight excluding hydrogens is 379 g/mol. The van der Waals surface area contributed by atoms with Gasteiger partial charge in [-0.3, -0.25) is 4.79 Å². The van der Waals surface area contributed by atoms with E-state index in [0.29, 0.717) is 16.5 Å². The van der Waals surface area contributed by atoms with Crippen LogP contribution in [0.2, 0.25) is 0 Å². The first-order valence-corrected chi connectivity index (χ1v) is 8.64. The molecule has 1 amide bonds. The van der Waals surface area contributed by atoms with E-state index in [1.807, 2.05) is 0 Å². The van der Waals surface area contributed by atoms with Gasteiger partial charge in [-0.2, -0.15) is 0 Å². The number of amides is 1. The molecule has 0 fully saturated rings. The molecule has 0 saturated carbocycles. The number of halogens is 1. The Bertz CT molecular complexity index is 1070. The average Bonchev–Trinajstić information content (AvgIpc) is 3.03. The van der Waals surface area contributed by atoms with Gasteiger partial charge in [-0.15, -0.1) is 4.73 Å². The fourth-order valence-corrected chi connectivity index (χ4v) is 2.81. The summed E-state index contributed by atoms with van der Waals surface area (Å²) >= 11 is 0. The molecule has 0 aliphatic heterocycles. The SMILES string of the molecule is C=CCOc1c(C(=O)OC)c2ccc(C(N)=O)cc2n1OCc1ccc(F)cc1. The van der Waals surface area contributed by atoms with Crippen LogP contribution in [0.4, 0.5) is 4.39 Å². The van der Waals surface area contributed by atoms with Crippen molar-refractivity contribution >= 4 is 22.8 Å². The van der Waals surface area contributed by atoms with E-state index in [-0.39, 0.29) is 36.0 Å². The van der Waals surface area contributed by atoms with Gasteiger partial charge in [0.2, 0.25) is 11.8 Å². The number of ether oxygens (including phenoxy) is 2. The zero-order valence-electron chi connectivity index (χ0n) is 15.7. The molecule has 0 aliphatic rings. The van der Waals surface area contributed by atoms with Crippen molar-refractivity contribution in [3.8, 4) is 5.88 Å². The lowest BCUT2D eigenvalue weighted by Crippen LogP contribution is -2.15. The van der Waals surface area contributed by atoms with Crippen molar-refractivity contribution in [2.75, 3.05) is 13.7 Å². The third-order valence-corrected chi connectivity index (χ3v) is 4.17. The Kier molecular flexibility index (Phi) is 5.82. The molecule has 0 bridgehead atoms. The van der Waals surface area contributed by atoms with Crippen molar-refractivity contribution < 1.29 is 28.3 Å². The Balaban J connectivity index is 2.15. The lowest BCUT2D eigenvalue weighted by Gasteiger charge is -2.13. The molecule has 1 heterocycles. The van der Waals surface area contributed by atoms with Crippen molar-refractivity contribution in [3.05, 3.63) is 77.6 Å². The Hall–Kier alpha value is -3.81. The summed E-state index contributed by atoms with van der Waals surface area (Å²) in [5.74, 6) is -1.54. The van der Waals surface area contributed by atoms with Crippen LogP contribution in [-0.4, -0.2) is 30.3 Å². The minimum atomic E-state index is -0.634. The number of nitrogens with zero attached hydrogens (tertiary/aromatic N) is 1. The number of carbonyl (C=O) groups excluding carboxylic acids is 2. The molecule has 1 aromatic heterocycles. The minimum Gasteiger partial charge on any atom is -0.472 e. The quantitative estimate of drug-likeness (QED) is 0.465. The molecule has 0 spiro atoms. The predicted octanol–water partition coefficient (Wildman–Crippen LogP) is 2.86. The maximum atomic E-state index is 13.1. The third-order valence-electron chi connectivity index (χ3n) is 4.17. The van der Waals surface area contributed by atoms with Crippen LogP contribution in [-0.2, 0) is 11.3 Å². The average molecular weight is 398 g/mol. The number of primary amides is 1. The van der Waals surface area contributed by atoms with E-state index in [0.717, 1.165) is 0 Å². The van der Waals surface area contributed by atoms with Gasteiger partial charge in [0.15, 0.2) is 0 Å². The first-order chi connectivity index (χ1) is 14.0. The molecule has 2 aromatic carbocycles. The van der Waals surface area contributed by atoms with E-state index in [9.17, 15) is 14.0 Å². The number of aromatic nitrogens is 1. The van der Waals surface area contributed by atoms with Gasteiger partial charge >= 0.3 is 5.97 Å². The van der Waals surface area contributed by atoms with Gasteiger partial charge in [-0.25, -0.2) is 9.18 Å². The summed E-state index contributed by atoms with van der Waals surface area (Å²) in [5.41, 5.74) is 6.83. The minimum absolute atomic E-state index is 0.0515. The molecule has 0 saturated heterocycles. The van der Waals surface area contributed by atoms with Crippen LogP contribution in [0.1, 0.15) is 26.3 Å². The summed E-state index contributed by atoms with van der Waals surface area (Å²) in [7, 11) is 1.25. The predicted molar refractivity (Wildman–Crippen MR) is 104 cm³/mol. The van der Waals surface area contributed by atoms with Gasteiger partial charge in [0.1, 0.15) is 24.6 Å². The summed E-state index contributed by atoms with van der Waals surface area (Å²) in [6.07, 6.45) is 1.51. The lowest BCUT2D eigenvalue weighted by atomic mass is 10.1. The Morgan fingerprint density at radius 1 is 1.21 bits per heavy atom.